The number of rotatable bonds is 6. The number of carbonyl (C=O) groups excluding carboxylic acids is 1. The zero-order chi connectivity index (χ0) is 11.4. The topological polar surface area (TPSA) is 49.3 Å². The third-order valence-electron chi connectivity index (χ3n) is 3.07. The number of aliphatic hydroxyl groups excluding tert-OH is 1. The largest absolute Gasteiger partial charge is 0.394 e. The standard InChI is InChI=1S/C12H23NO2/c1-8(2)6-11(7-14)13-12(15)9(3)10-4-5-10/h8-11,14H,4-7H2,1-3H3,(H,13,15). The molecule has 3 heteroatoms. The van der Waals surface area contributed by atoms with Gasteiger partial charge in [0.25, 0.3) is 0 Å². The lowest BCUT2D eigenvalue weighted by atomic mass is 10.0. The summed E-state index contributed by atoms with van der Waals surface area (Å²) in [7, 11) is 0. The maximum Gasteiger partial charge on any atom is 0.223 e. The van der Waals surface area contributed by atoms with Gasteiger partial charge in [-0.3, -0.25) is 4.79 Å². The van der Waals surface area contributed by atoms with Gasteiger partial charge in [-0.15, -0.1) is 0 Å². The molecule has 1 fully saturated rings. The molecule has 0 radical (unpaired) electrons. The molecule has 1 amide bonds. The van der Waals surface area contributed by atoms with Crippen molar-refractivity contribution < 1.29 is 9.90 Å². The number of carbonyl (C=O) groups is 1. The lowest BCUT2D eigenvalue weighted by Gasteiger charge is -2.20. The van der Waals surface area contributed by atoms with E-state index in [0.717, 1.165) is 6.42 Å². The third kappa shape index (κ3) is 4.20. The van der Waals surface area contributed by atoms with Crippen LogP contribution < -0.4 is 5.32 Å². The monoisotopic (exact) mass is 213 g/mol. The highest BCUT2D eigenvalue weighted by Gasteiger charge is 2.33. The van der Waals surface area contributed by atoms with Crippen molar-refractivity contribution in [1.29, 1.82) is 0 Å². The van der Waals surface area contributed by atoms with Crippen LogP contribution in [0.5, 0.6) is 0 Å². The van der Waals surface area contributed by atoms with Crippen molar-refractivity contribution in [3.63, 3.8) is 0 Å². The van der Waals surface area contributed by atoms with E-state index in [4.69, 9.17) is 5.11 Å². The van der Waals surface area contributed by atoms with Crippen molar-refractivity contribution in [1.82, 2.24) is 5.32 Å². The summed E-state index contributed by atoms with van der Waals surface area (Å²) in [5, 5.41) is 12.1. The number of hydrogen-bond donors (Lipinski definition) is 2. The summed E-state index contributed by atoms with van der Waals surface area (Å²) in [6.45, 7) is 6.22. The van der Waals surface area contributed by atoms with Crippen LogP contribution >= 0.6 is 0 Å². The SMILES string of the molecule is CC(C)CC(CO)NC(=O)C(C)C1CC1. The molecule has 0 saturated heterocycles. The quantitative estimate of drug-likeness (QED) is 0.703. The maximum absolute atomic E-state index is 11.8. The smallest absolute Gasteiger partial charge is 0.223 e. The second kappa shape index (κ2) is 5.50. The number of amides is 1. The Bertz CT molecular complexity index is 212. The van der Waals surface area contributed by atoms with E-state index in [1.165, 1.54) is 12.8 Å². The van der Waals surface area contributed by atoms with Crippen molar-refractivity contribution in [2.75, 3.05) is 6.61 Å². The van der Waals surface area contributed by atoms with Crippen LogP contribution in [0.3, 0.4) is 0 Å². The highest BCUT2D eigenvalue weighted by atomic mass is 16.3. The predicted molar refractivity (Wildman–Crippen MR) is 60.4 cm³/mol. The first-order chi connectivity index (χ1) is 7.04. The zero-order valence-corrected chi connectivity index (χ0v) is 9.99. The summed E-state index contributed by atoms with van der Waals surface area (Å²) in [5.74, 6) is 1.31. The van der Waals surface area contributed by atoms with E-state index in [0.29, 0.717) is 11.8 Å². The van der Waals surface area contributed by atoms with E-state index in [-0.39, 0.29) is 24.5 Å². The molecule has 1 aliphatic carbocycles. The van der Waals surface area contributed by atoms with Crippen LogP contribution in [0.1, 0.15) is 40.0 Å². The fraction of sp³-hybridized carbons (Fsp3) is 0.917. The lowest BCUT2D eigenvalue weighted by molar-refractivity contribution is -0.126. The molecule has 15 heavy (non-hydrogen) atoms. The van der Waals surface area contributed by atoms with Crippen LogP contribution in [-0.4, -0.2) is 23.7 Å². The van der Waals surface area contributed by atoms with Crippen molar-refractivity contribution in [3.8, 4) is 0 Å². The van der Waals surface area contributed by atoms with Crippen LogP contribution in [0.25, 0.3) is 0 Å². The normalized spacial score (nSPS) is 20.1. The first-order valence-electron chi connectivity index (χ1n) is 5.95. The fourth-order valence-electron chi connectivity index (χ4n) is 1.89. The Balaban J connectivity index is 2.32. The number of hydrogen-bond acceptors (Lipinski definition) is 2. The summed E-state index contributed by atoms with van der Waals surface area (Å²) >= 11 is 0. The van der Waals surface area contributed by atoms with Gasteiger partial charge in [0.2, 0.25) is 5.91 Å². The van der Waals surface area contributed by atoms with Crippen molar-refractivity contribution in [3.05, 3.63) is 0 Å². The highest BCUT2D eigenvalue weighted by molar-refractivity contribution is 5.79. The molecule has 0 aliphatic heterocycles. The summed E-state index contributed by atoms with van der Waals surface area (Å²) in [6, 6.07) is -0.0706. The Labute approximate surface area is 92.3 Å². The van der Waals surface area contributed by atoms with E-state index in [1.54, 1.807) is 0 Å². The first-order valence-corrected chi connectivity index (χ1v) is 5.95. The molecular weight excluding hydrogens is 190 g/mol. The van der Waals surface area contributed by atoms with E-state index < -0.39 is 0 Å². The van der Waals surface area contributed by atoms with Gasteiger partial charge in [0.1, 0.15) is 0 Å². The molecule has 0 aromatic rings. The van der Waals surface area contributed by atoms with Crippen LogP contribution in [0.2, 0.25) is 0 Å². The second-order valence-electron chi connectivity index (χ2n) is 5.14. The van der Waals surface area contributed by atoms with Gasteiger partial charge in [0.05, 0.1) is 12.6 Å². The molecule has 0 aromatic carbocycles. The van der Waals surface area contributed by atoms with Gasteiger partial charge < -0.3 is 10.4 Å². The summed E-state index contributed by atoms with van der Waals surface area (Å²) in [5.41, 5.74) is 0. The molecule has 1 rings (SSSR count). The zero-order valence-electron chi connectivity index (χ0n) is 9.99. The Kier molecular flexibility index (Phi) is 4.58. The number of nitrogens with one attached hydrogen (secondary N) is 1. The average Bonchev–Trinajstić information content (AvgIpc) is 2.97. The minimum Gasteiger partial charge on any atom is -0.394 e. The van der Waals surface area contributed by atoms with Gasteiger partial charge in [0, 0.05) is 5.92 Å². The molecule has 0 heterocycles. The second-order valence-corrected chi connectivity index (χ2v) is 5.14. The molecule has 88 valence electrons. The molecule has 1 saturated carbocycles. The summed E-state index contributed by atoms with van der Waals surface area (Å²) in [4.78, 5) is 11.8. The van der Waals surface area contributed by atoms with Gasteiger partial charge in [-0.05, 0) is 31.1 Å². The molecule has 2 unspecified atom stereocenters. The minimum atomic E-state index is -0.0706. The van der Waals surface area contributed by atoms with E-state index >= 15 is 0 Å². The molecule has 0 aromatic heterocycles. The Morgan fingerprint density at radius 3 is 2.40 bits per heavy atom. The molecule has 1 aliphatic rings. The van der Waals surface area contributed by atoms with Gasteiger partial charge in [0.15, 0.2) is 0 Å². The van der Waals surface area contributed by atoms with Gasteiger partial charge in [-0.1, -0.05) is 20.8 Å². The van der Waals surface area contributed by atoms with Crippen molar-refractivity contribution >= 4 is 5.91 Å². The Morgan fingerprint density at radius 1 is 1.40 bits per heavy atom. The number of aliphatic hydroxyl groups is 1. The molecule has 3 nitrogen and oxygen atoms in total. The predicted octanol–water partition coefficient (Wildman–Crippen LogP) is 1.56. The summed E-state index contributed by atoms with van der Waals surface area (Å²) in [6.07, 6.45) is 3.21. The van der Waals surface area contributed by atoms with Crippen LogP contribution in [0.4, 0.5) is 0 Å². The van der Waals surface area contributed by atoms with Crippen LogP contribution in [0, 0.1) is 17.8 Å². The minimum absolute atomic E-state index is 0.0430. The Morgan fingerprint density at radius 2 is 2.00 bits per heavy atom. The molecule has 0 spiro atoms. The van der Waals surface area contributed by atoms with Crippen LogP contribution in [-0.2, 0) is 4.79 Å². The van der Waals surface area contributed by atoms with Crippen molar-refractivity contribution in [2.45, 2.75) is 46.1 Å². The summed E-state index contributed by atoms with van der Waals surface area (Å²) < 4.78 is 0. The average molecular weight is 213 g/mol. The third-order valence-corrected chi connectivity index (χ3v) is 3.07. The molecule has 2 N–H and O–H groups in total. The van der Waals surface area contributed by atoms with Gasteiger partial charge in [-0.2, -0.15) is 0 Å². The van der Waals surface area contributed by atoms with Crippen LogP contribution in [0.15, 0.2) is 0 Å². The van der Waals surface area contributed by atoms with E-state index in [9.17, 15) is 4.79 Å². The van der Waals surface area contributed by atoms with E-state index in [1.807, 2.05) is 6.92 Å². The Hall–Kier alpha value is -0.570. The highest BCUT2D eigenvalue weighted by Crippen LogP contribution is 2.36. The van der Waals surface area contributed by atoms with Gasteiger partial charge >= 0.3 is 0 Å². The molecule has 0 bridgehead atoms. The molecular formula is C12H23NO2. The van der Waals surface area contributed by atoms with Crippen molar-refractivity contribution in [2.24, 2.45) is 17.8 Å². The van der Waals surface area contributed by atoms with Gasteiger partial charge in [-0.25, -0.2) is 0 Å². The van der Waals surface area contributed by atoms with E-state index in [2.05, 4.69) is 19.2 Å². The fourth-order valence-corrected chi connectivity index (χ4v) is 1.89. The first kappa shape index (κ1) is 12.5. The molecule has 2 atom stereocenters. The maximum atomic E-state index is 11.8. The lowest BCUT2D eigenvalue weighted by Crippen LogP contribution is -2.41.